The van der Waals surface area contributed by atoms with Crippen LogP contribution in [-0.4, -0.2) is 67.9 Å². The Labute approximate surface area is 224 Å². The number of amidine groups is 1. The van der Waals surface area contributed by atoms with E-state index < -0.39 is 17.1 Å². The number of piperidine rings is 1. The molecule has 204 valence electrons. The molecule has 0 spiro atoms. The van der Waals surface area contributed by atoms with Crippen molar-refractivity contribution in [3.63, 3.8) is 0 Å². The molecule has 2 aromatic rings. The molecular formula is C25H35BN6O5S. The number of ether oxygens (including phenoxy) is 1. The second-order valence-corrected chi connectivity index (χ2v) is 11.3. The molecule has 0 aliphatic carbocycles. The van der Waals surface area contributed by atoms with E-state index >= 15 is 0 Å². The van der Waals surface area contributed by atoms with Crippen LogP contribution in [0.1, 0.15) is 37.3 Å². The van der Waals surface area contributed by atoms with Gasteiger partial charge >= 0.3 is 7.12 Å². The Bertz CT molecular complexity index is 1270. The van der Waals surface area contributed by atoms with E-state index in [2.05, 4.69) is 4.90 Å². The minimum Gasteiger partial charge on any atom is -0.490 e. The van der Waals surface area contributed by atoms with Crippen LogP contribution in [0, 0.1) is 10.8 Å². The van der Waals surface area contributed by atoms with Gasteiger partial charge in [-0.05, 0) is 60.8 Å². The van der Waals surface area contributed by atoms with Crippen LogP contribution in [0.25, 0.3) is 0 Å². The topological polar surface area (TPSA) is 156 Å². The maximum Gasteiger partial charge on any atom is 0.477 e. The molecule has 13 heteroatoms. The molecule has 0 atom stereocenters. The molecule has 0 bridgehead atoms. The van der Waals surface area contributed by atoms with Crippen molar-refractivity contribution in [2.45, 2.75) is 57.0 Å². The second-order valence-electron chi connectivity index (χ2n) is 9.52. The summed E-state index contributed by atoms with van der Waals surface area (Å²) in [6, 6.07) is 11.3. The number of rotatable bonds is 8. The van der Waals surface area contributed by atoms with Gasteiger partial charge in [0.15, 0.2) is 5.96 Å². The lowest BCUT2D eigenvalue weighted by molar-refractivity contribution is 0.130. The van der Waals surface area contributed by atoms with Gasteiger partial charge in [-0.25, -0.2) is 0 Å². The predicted octanol–water partition coefficient (Wildman–Crippen LogP) is 2.41. The van der Waals surface area contributed by atoms with Crippen molar-refractivity contribution in [3.8, 4) is 5.75 Å². The molecule has 2 heterocycles. The Morgan fingerprint density at radius 1 is 1.11 bits per heavy atom. The van der Waals surface area contributed by atoms with Crippen molar-refractivity contribution in [3.05, 3.63) is 53.6 Å². The number of hydrogen-bond acceptors (Lipinski definition) is 7. The highest BCUT2D eigenvalue weighted by Crippen LogP contribution is 2.30. The number of benzene rings is 2. The zero-order chi connectivity index (χ0) is 27.4. The SMILES string of the molecule is CCC(=N)N1CCC(Oc2ccc(S(=O)(=O)N(OB(C)O)c3ccc4c(c3)CN(C(=N)N)CC4)cc2)CC1. The van der Waals surface area contributed by atoms with Gasteiger partial charge in [0.05, 0.1) is 16.4 Å². The first-order valence-electron chi connectivity index (χ1n) is 12.8. The molecule has 38 heavy (non-hydrogen) atoms. The van der Waals surface area contributed by atoms with Crippen molar-refractivity contribution in [2.75, 3.05) is 24.1 Å². The number of nitrogens with two attached hydrogens (primary N) is 1. The summed E-state index contributed by atoms with van der Waals surface area (Å²) in [5.41, 5.74) is 7.77. The first-order chi connectivity index (χ1) is 18.1. The van der Waals surface area contributed by atoms with E-state index in [1.165, 1.54) is 19.0 Å². The van der Waals surface area contributed by atoms with Crippen molar-refractivity contribution in [1.29, 1.82) is 10.8 Å². The van der Waals surface area contributed by atoms with Gasteiger partial charge in [-0.15, -0.1) is 0 Å². The normalized spacial score (nSPS) is 16.1. The average Bonchev–Trinajstić information content (AvgIpc) is 2.91. The zero-order valence-corrected chi connectivity index (χ0v) is 22.6. The van der Waals surface area contributed by atoms with Crippen LogP contribution in [0.5, 0.6) is 5.75 Å². The summed E-state index contributed by atoms with van der Waals surface area (Å²) in [4.78, 5) is 3.75. The summed E-state index contributed by atoms with van der Waals surface area (Å²) >= 11 is 0. The van der Waals surface area contributed by atoms with Gasteiger partial charge in [0, 0.05) is 45.4 Å². The molecule has 0 saturated carbocycles. The zero-order valence-electron chi connectivity index (χ0n) is 21.8. The summed E-state index contributed by atoms with van der Waals surface area (Å²) in [7, 11) is -5.57. The number of likely N-dealkylation sites (tertiary alicyclic amines) is 1. The molecule has 1 fully saturated rings. The largest absolute Gasteiger partial charge is 0.490 e. The van der Waals surface area contributed by atoms with E-state index in [-0.39, 0.29) is 22.6 Å². The van der Waals surface area contributed by atoms with E-state index in [1.807, 2.05) is 13.0 Å². The van der Waals surface area contributed by atoms with Crippen LogP contribution in [0.4, 0.5) is 5.69 Å². The predicted molar refractivity (Wildman–Crippen MR) is 147 cm³/mol. The third-order valence-electron chi connectivity index (χ3n) is 6.80. The molecular weight excluding hydrogens is 507 g/mol. The number of guanidine groups is 1. The monoisotopic (exact) mass is 542 g/mol. The van der Waals surface area contributed by atoms with Crippen LogP contribution in [-0.2, 0) is 27.7 Å². The summed E-state index contributed by atoms with van der Waals surface area (Å²) in [5.74, 6) is 1.16. The van der Waals surface area contributed by atoms with Crippen LogP contribution >= 0.6 is 0 Å². The third kappa shape index (κ3) is 6.22. The standard InChI is InChI=1S/C25H35BN6O5S/c1-3-24(27)30-14-11-22(12-15-30)36-21-6-8-23(9-7-21)38(34,35)32(37-26(2)33)20-5-4-18-10-13-31(25(28)29)17-19(18)16-20/h4-9,16,22,27,33H,3,10-15,17H2,1-2H3,(H3,28,29). The summed E-state index contributed by atoms with van der Waals surface area (Å²) in [6.45, 7) is 5.83. The molecule has 2 aliphatic rings. The lowest BCUT2D eigenvalue weighted by atomic mass is 9.98. The fraction of sp³-hybridized carbons (Fsp3) is 0.440. The second kappa shape index (κ2) is 11.6. The Morgan fingerprint density at radius 2 is 1.79 bits per heavy atom. The summed E-state index contributed by atoms with van der Waals surface area (Å²) < 4.78 is 39.4. The lowest BCUT2D eigenvalue weighted by Gasteiger charge is -2.33. The number of anilines is 1. The molecule has 0 aromatic heterocycles. The Hall–Kier alpha value is -3.29. The molecule has 4 rings (SSSR count). The van der Waals surface area contributed by atoms with E-state index in [0.29, 0.717) is 37.5 Å². The van der Waals surface area contributed by atoms with Gasteiger partial charge in [-0.2, -0.15) is 12.9 Å². The molecule has 0 unspecified atom stereocenters. The molecule has 11 nitrogen and oxygen atoms in total. The molecule has 1 saturated heterocycles. The molecule has 2 aliphatic heterocycles. The first kappa shape index (κ1) is 27.7. The van der Waals surface area contributed by atoms with Gasteiger partial charge in [-0.1, -0.05) is 13.0 Å². The van der Waals surface area contributed by atoms with Gasteiger partial charge in [0.1, 0.15) is 11.9 Å². The van der Waals surface area contributed by atoms with Crippen LogP contribution in [0.3, 0.4) is 0 Å². The van der Waals surface area contributed by atoms with Crippen molar-refractivity contribution in [1.82, 2.24) is 9.80 Å². The van der Waals surface area contributed by atoms with Crippen LogP contribution in [0.2, 0.25) is 6.82 Å². The number of nitrogens with one attached hydrogen (secondary N) is 2. The van der Waals surface area contributed by atoms with Gasteiger partial charge in [-0.3, -0.25) is 15.6 Å². The number of hydrogen-bond donors (Lipinski definition) is 4. The average molecular weight is 542 g/mol. The van der Waals surface area contributed by atoms with Crippen molar-refractivity contribution < 1.29 is 22.9 Å². The third-order valence-corrected chi connectivity index (χ3v) is 8.40. The van der Waals surface area contributed by atoms with Crippen LogP contribution in [0.15, 0.2) is 47.4 Å². The Balaban J connectivity index is 1.51. The van der Waals surface area contributed by atoms with Crippen molar-refractivity contribution >= 4 is 34.6 Å². The number of fused-ring (bicyclic) bond motifs is 1. The maximum absolute atomic E-state index is 13.6. The lowest BCUT2D eigenvalue weighted by Crippen LogP contribution is -2.41. The number of nitrogens with zero attached hydrogens (tertiary/aromatic N) is 3. The van der Waals surface area contributed by atoms with E-state index in [0.717, 1.165) is 41.5 Å². The highest BCUT2D eigenvalue weighted by molar-refractivity contribution is 7.92. The smallest absolute Gasteiger partial charge is 0.477 e. The molecule has 5 N–H and O–H groups in total. The first-order valence-corrected chi connectivity index (χ1v) is 14.2. The van der Waals surface area contributed by atoms with E-state index in [4.69, 9.17) is 26.0 Å². The highest BCUT2D eigenvalue weighted by atomic mass is 32.2. The fourth-order valence-corrected chi connectivity index (χ4v) is 6.00. The molecule has 2 aromatic carbocycles. The van der Waals surface area contributed by atoms with Crippen LogP contribution < -0.4 is 14.9 Å². The Kier molecular flexibility index (Phi) is 8.49. The van der Waals surface area contributed by atoms with E-state index in [1.54, 1.807) is 29.2 Å². The van der Waals surface area contributed by atoms with Gasteiger partial charge in [0.25, 0.3) is 10.0 Å². The fourth-order valence-electron chi connectivity index (χ4n) is 4.70. The minimum absolute atomic E-state index is 0.00139. The molecule has 0 radical (unpaired) electrons. The minimum atomic E-state index is -4.19. The number of sulfonamides is 1. The molecule has 0 amide bonds. The van der Waals surface area contributed by atoms with Gasteiger partial charge in [0.2, 0.25) is 0 Å². The summed E-state index contributed by atoms with van der Waals surface area (Å²) in [6.07, 6.45) is 2.97. The van der Waals surface area contributed by atoms with Crippen molar-refractivity contribution in [2.24, 2.45) is 5.73 Å². The summed E-state index contributed by atoms with van der Waals surface area (Å²) in [5, 5.41) is 25.6. The maximum atomic E-state index is 13.6. The van der Waals surface area contributed by atoms with Gasteiger partial charge < -0.3 is 25.3 Å². The quantitative estimate of drug-likeness (QED) is 0.172. The highest BCUT2D eigenvalue weighted by Gasteiger charge is 2.30. The Morgan fingerprint density at radius 3 is 2.39 bits per heavy atom. The van der Waals surface area contributed by atoms with E-state index in [9.17, 15) is 13.4 Å².